The largest absolute Gasteiger partial charge is 0.497 e. The monoisotopic (exact) mass is 385 g/mol. The Morgan fingerprint density at radius 2 is 1.67 bits per heavy atom. The van der Waals surface area contributed by atoms with Gasteiger partial charge in [0.25, 0.3) is 10.0 Å². The van der Waals surface area contributed by atoms with Crippen LogP contribution in [-0.2, 0) is 16.6 Å². The van der Waals surface area contributed by atoms with Crippen LogP contribution in [0.5, 0.6) is 5.75 Å². The van der Waals surface area contributed by atoms with Gasteiger partial charge in [-0.3, -0.25) is 4.31 Å². The Morgan fingerprint density at radius 3 is 2.33 bits per heavy atom. The molecule has 0 saturated heterocycles. The highest BCUT2D eigenvalue weighted by molar-refractivity contribution is 7.92. The minimum absolute atomic E-state index is 0.000829. The zero-order valence-corrected chi connectivity index (χ0v) is 15.9. The molecule has 0 heterocycles. The minimum atomic E-state index is -3.96. The van der Waals surface area contributed by atoms with Crippen LogP contribution < -0.4 is 9.04 Å². The number of aryl methyl sites for hydroxylation is 1. The molecule has 140 valence electrons. The van der Waals surface area contributed by atoms with Gasteiger partial charge in [0.15, 0.2) is 0 Å². The Balaban J connectivity index is 2.09. The molecule has 0 unspecified atom stereocenters. The summed E-state index contributed by atoms with van der Waals surface area (Å²) in [5.41, 5.74) is 1.63. The first-order valence-corrected chi connectivity index (χ1v) is 9.82. The topological polar surface area (TPSA) is 46.6 Å². The van der Waals surface area contributed by atoms with Crippen LogP contribution in [0.25, 0.3) is 0 Å². The van der Waals surface area contributed by atoms with E-state index in [-0.39, 0.29) is 17.1 Å². The number of rotatable bonds is 6. The number of hydrogen-bond donors (Lipinski definition) is 0. The maximum absolute atomic E-state index is 14.5. The normalized spacial score (nSPS) is 11.2. The lowest BCUT2D eigenvalue weighted by Gasteiger charge is -2.25. The molecule has 0 fully saturated rings. The molecule has 0 aliphatic heterocycles. The number of sulfonamides is 1. The third-order valence-corrected chi connectivity index (χ3v) is 5.96. The molecule has 0 spiro atoms. The van der Waals surface area contributed by atoms with Gasteiger partial charge >= 0.3 is 0 Å². The van der Waals surface area contributed by atoms with Crippen LogP contribution in [0, 0.1) is 12.7 Å². The molecule has 3 rings (SSSR count). The first-order chi connectivity index (χ1) is 12.9. The third kappa shape index (κ3) is 4.11. The van der Waals surface area contributed by atoms with Crippen LogP contribution in [-0.4, -0.2) is 15.5 Å². The van der Waals surface area contributed by atoms with Gasteiger partial charge < -0.3 is 4.74 Å². The van der Waals surface area contributed by atoms with Gasteiger partial charge in [-0.1, -0.05) is 42.0 Å². The van der Waals surface area contributed by atoms with Gasteiger partial charge in [-0.15, -0.1) is 0 Å². The summed E-state index contributed by atoms with van der Waals surface area (Å²) >= 11 is 0. The summed E-state index contributed by atoms with van der Waals surface area (Å²) in [6.45, 7) is 1.86. The van der Waals surface area contributed by atoms with E-state index in [1.165, 1.54) is 37.4 Å². The molecular weight excluding hydrogens is 365 g/mol. The van der Waals surface area contributed by atoms with Crippen molar-refractivity contribution >= 4 is 15.7 Å². The van der Waals surface area contributed by atoms with E-state index in [1.54, 1.807) is 42.5 Å². The number of ether oxygens (including phenoxy) is 1. The Kier molecular flexibility index (Phi) is 5.46. The van der Waals surface area contributed by atoms with Crippen molar-refractivity contribution in [2.24, 2.45) is 0 Å². The van der Waals surface area contributed by atoms with Crippen molar-refractivity contribution in [2.45, 2.75) is 18.4 Å². The third-order valence-electron chi connectivity index (χ3n) is 4.19. The van der Waals surface area contributed by atoms with E-state index in [0.29, 0.717) is 11.3 Å². The zero-order chi connectivity index (χ0) is 19.4. The van der Waals surface area contributed by atoms with E-state index in [2.05, 4.69) is 0 Å². The molecule has 3 aromatic carbocycles. The predicted molar refractivity (Wildman–Crippen MR) is 104 cm³/mol. The maximum atomic E-state index is 14.5. The molecule has 0 atom stereocenters. The summed E-state index contributed by atoms with van der Waals surface area (Å²) in [5.74, 6) is 0.00444. The smallest absolute Gasteiger partial charge is 0.264 e. The fraction of sp³-hybridized carbons (Fsp3) is 0.143. The molecule has 3 aromatic rings. The summed E-state index contributed by atoms with van der Waals surface area (Å²) in [5, 5.41) is 0. The fourth-order valence-corrected chi connectivity index (χ4v) is 4.19. The first kappa shape index (κ1) is 18.9. The summed E-state index contributed by atoms with van der Waals surface area (Å²) in [6.07, 6.45) is 0. The van der Waals surface area contributed by atoms with Gasteiger partial charge in [-0.05, 0) is 48.9 Å². The van der Waals surface area contributed by atoms with Gasteiger partial charge in [-0.2, -0.15) is 0 Å². The molecule has 0 radical (unpaired) electrons. The highest BCUT2D eigenvalue weighted by atomic mass is 32.2. The van der Waals surface area contributed by atoms with Crippen molar-refractivity contribution in [1.82, 2.24) is 0 Å². The Labute approximate surface area is 158 Å². The van der Waals surface area contributed by atoms with Crippen LogP contribution in [0.15, 0.2) is 77.7 Å². The Bertz CT molecular complexity index is 1030. The van der Waals surface area contributed by atoms with Gasteiger partial charge in [0.05, 0.1) is 24.2 Å². The summed E-state index contributed by atoms with van der Waals surface area (Å²) in [4.78, 5) is 0.110. The van der Waals surface area contributed by atoms with Crippen LogP contribution >= 0.6 is 0 Å². The molecule has 0 aliphatic carbocycles. The van der Waals surface area contributed by atoms with Crippen molar-refractivity contribution in [3.05, 3.63) is 89.7 Å². The fourth-order valence-electron chi connectivity index (χ4n) is 2.73. The lowest BCUT2D eigenvalue weighted by atomic mass is 10.2. The van der Waals surface area contributed by atoms with E-state index in [9.17, 15) is 12.8 Å². The molecule has 0 saturated carbocycles. The SMILES string of the molecule is COc1cccc(CN(c2ccccc2F)S(=O)(=O)c2ccc(C)cc2)c1. The van der Waals surface area contributed by atoms with E-state index in [0.717, 1.165) is 9.87 Å². The second-order valence-electron chi connectivity index (χ2n) is 6.13. The zero-order valence-electron chi connectivity index (χ0n) is 15.1. The summed E-state index contributed by atoms with van der Waals surface area (Å²) in [6, 6.07) is 19.4. The molecule has 0 bridgehead atoms. The van der Waals surface area contributed by atoms with Crippen molar-refractivity contribution in [2.75, 3.05) is 11.4 Å². The maximum Gasteiger partial charge on any atom is 0.264 e. The van der Waals surface area contributed by atoms with Gasteiger partial charge in [-0.25, -0.2) is 12.8 Å². The van der Waals surface area contributed by atoms with E-state index < -0.39 is 15.8 Å². The highest BCUT2D eigenvalue weighted by Gasteiger charge is 2.27. The van der Waals surface area contributed by atoms with E-state index in [1.807, 2.05) is 6.92 Å². The van der Waals surface area contributed by atoms with Crippen molar-refractivity contribution in [1.29, 1.82) is 0 Å². The van der Waals surface area contributed by atoms with Crippen LogP contribution in [0.1, 0.15) is 11.1 Å². The molecule has 27 heavy (non-hydrogen) atoms. The van der Waals surface area contributed by atoms with Crippen LogP contribution in [0.2, 0.25) is 0 Å². The number of hydrogen-bond acceptors (Lipinski definition) is 3. The van der Waals surface area contributed by atoms with Gasteiger partial charge in [0.2, 0.25) is 0 Å². The van der Waals surface area contributed by atoms with Gasteiger partial charge in [0.1, 0.15) is 11.6 Å². The van der Waals surface area contributed by atoms with E-state index in [4.69, 9.17) is 4.74 Å². The van der Waals surface area contributed by atoms with Crippen LogP contribution in [0.3, 0.4) is 0 Å². The van der Waals surface area contributed by atoms with E-state index >= 15 is 0 Å². The number of halogens is 1. The lowest BCUT2D eigenvalue weighted by molar-refractivity contribution is 0.414. The van der Waals surface area contributed by atoms with Crippen molar-refractivity contribution in [3.8, 4) is 5.75 Å². The average molecular weight is 385 g/mol. The molecule has 0 aliphatic rings. The Morgan fingerprint density at radius 1 is 0.963 bits per heavy atom. The summed E-state index contributed by atoms with van der Waals surface area (Å²) < 4.78 is 47.3. The molecule has 0 aromatic heterocycles. The summed E-state index contributed by atoms with van der Waals surface area (Å²) in [7, 11) is -2.42. The number of anilines is 1. The number of methoxy groups -OCH3 is 1. The number of para-hydroxylation sites is 1. The first-order valence-electron chi connectivity index (χ1n) is 8.38. The molecule has 6 heteroatoms. The average Bonchev–Trinajstić information content (AvgIpc) is 2.67. The molecular formula is C21H20FNO3S. The predicted octanol–water partition coefficient (Wildman–Crippen LogP) is 4.54. The quantitative estimate of drug-likeness (QED) is 0.626. The van der Waals surface area contributed by atoms with Crippen LogP contribution in [0.4, 0.5) is 10.1 Å². The Hall–Kier alpha value is -2.86. The highest BCUT2D eigenvalue weighted by Crippen LogP contribution is 2.29. The lowest BCUT2D eigenvalue weighted by Crippen LogP contribution is -2.31. The van der Waals surface area contributed by atoms with Crippen molar-refractivity contribution < 1.29 is 17.5 Å². The number of benzene rings is 3. The molecule has 0 N–H and O–H groups in total. The standard InChI is InChI=1S/C21H20FNO3S/c1-16-10-12-19(13-11-16)27(24,25)23(21-9-4-3-8-20(21)22)15-17-6-5-7-18(14-17)26-2/h3-14H,15H2,1-2H3. The second kappa shape index (κ2) is 7.80. The molecule has 4 nitrogen and oxygen atoms in total. The number of nitrogens with zero attached hydrogens (tertiary/aromatic N) is 1. The second-order valence-corrected chi connectivity index (χ2v) is 7.99. The van der Waals surface area contributed by atoms with Crippen molar-refractivity contribution in [3.63, 3.8) is 0 Å². The van der Waals surface area contributed by atoms with Gasteiger partial charge in [0, 0.05) is 0 Å². The minimum Gasteiger partial charge on any atom is -0.497 e. The molecule has 0 amide bonds.